The number of carbonyl (C=O) groups is 1. The van der Waals surface area contributed by atoms with Gasteiger partial charge in [-0.3, -0.25) is 4.79 Å². The van der Waals surface area contributed by atoms with Gasteiger partial charge in [-0.25, -0.2) is 0 Å². The molecule has 1 saturated heterocycles. The fourth-order valence-electron chi connectivity index (χ4n) is 3.53. The summed E-state index contributed by atoms with van der Waals surface area (Å²) in [7, 11) is 1.12. The number of hydrogen-bond donors (Lipinski definition) is 1. The Kier molecular flexibility index (Phi) is 5.36. The van der Waals surface area contributed by atoms with Crippen molar-refractivity contribution in [2.45, 2.75) is 77.0 Å². The Balaban J connectivity index is 1.77. The predicted octanol–water partition coefficient (Wildman–Crippen LogP) is 3.06. The van der Waals surface area contributed by atoms with Crippen LogP contribution in [0.2, 0.25) is 0 Å². The van der Waals surface area contributed by atoms with E-state index in [0.29, 0.717) is 11.3 Å². The second-order valence-corrected chi connectivity index (χ2v) is 8.36. The molecular weight excluding hydrogens is 329 g/mol. The minimum atomic E-state index is -0.468. The molecule has 0 atom stereocenters. The minimum absolute atomic E-state index is 0.0748. The highest BCUT2D eigenvalue weighted by Crippen LogP contribution is 2.36. The smallest absolute Gasteiger partial charge is 0.494 e. The number of rotatable bonds is 4. The minimum Gasteiger partial charge on any atom is -0.496 e. The lowest BCUT2D eigenvalue weighted by Gasteiger charge is -2.32. The molecule has 0 spiro atoms. The van der Waals surface area contributed by atoms with E-state index in [1.54, 1.807) is 13.2 Å². The largest absolute Gasteiger partial charge is 0.496 e. The Morgan fingerprint density at radius 3 is 2.31 bits per heavy atom. The van der Waals surface area contributed by atoms with Crippen LogP contribution in [0.1, 0.15) is 70.2 Å². The Labute approximate surface area is 156 Å². The molecule has 0 bridgehead atoms. The normalized spacial score (nSPS) is 22.3. The highest BCUT2D eigenvalue weighted by atomic mass is 16.7. The van der Waals surface area contributed by atoms with Crippen LogP contribution in [0.15, 0.2) is 18.2 Å². The Hall–Kier alpha value is -1.53. The van der Waals surface area contributed by atoms with Gasteiger partial charge in [0, 0.05) is 6.04 Å². The van der Waals surface area contributed by atoms with E-state index >= 15 is 0 Å². The van der Waals surface area contributed by atoms with Crippen LogP contribution in [-0.2, 0) is 9.31 Å². The third-order valence-electron chi connectivity index (χ3n) is 5.94. The van der Waals surface area contributed by atoms with E-state index in [-0.39, 0.29) is 11.9 Å². The van der Waals surface area contributed by atoms with E-state index in [9.17, 15) is 4.79 Å². The van der Waals surface area contributed by atoms with Crippen LogP contribution < -0.4 is 15.5 Å². The summed E-state index contributed by atoms with van der Waals surface area (Å²) >= 11 is 0. The molecule has 6 heteroatoms. The molecule has 1 saturated carbocycles. The van der Waals surface area contributed by atoms with Crippen molar-refractivity contribution in [2.24, 2.45) is 0 Å². The maximum atomic E-state index is 12.7. The molecule has 1 N–H and O–H groups in total. The molecule has 1 aliphatic heterocycles. The summed E-state index contributed by atoms with van der Waals surface area (Å²) in [6.45, 7) is 8.10. The predicted molar refractivity (Wildman–Crippen MR) is 103 cm³/mol. The summed E-state index contributed by atoms with van der Waals surface area (Å²) in [5.74, 6) is 0.472. The number of benzene rings is 1. The van der Waals surface area contributed by atoms with Crippen molar-refractivity contribution in [1.29, 1.82) is 0 Å². The van der Waals surface area contributed by atoms with E-state index in [1.165, 1.54) is 19.3 Å². The van der Waals surface area contributed by atoms with Gasteiger partial charge < -0.3 is 19.4 Å². The standard InChI is InChI=1S/C20H30BNO4/c1-19(2)20(3,4)26-21(25-19)14-11-12-16(17(13-14)24-5)18(23)22-15-9-7-6-8-10-15/h11-13,15H,6-10H2,1-5H3,(H,22,23). The van der Waals surface area contributed by atoms with Crippen molar-refractivity contribution >= 4 is 18.5 Å². The first-order chi connectivity index (χ1) is 12.2. The molecule has 142 valence electrons. The Morgan fingerprint density at radius 1 is 1.12 bits per heavy atom. The fourth-order valence-corrected chi connectivity index (χ4v) is 3.53. The average molecular weight is 359 g/mol. The van der Waals surface area contributed by atoms with Crippen LogP contribution in [0.5, 0.6) is 5.75 Å². The molecule has 0 radical (unpaired) electrons. The highest BCUT2D eigenvalue weighted by Gasteiger charge is 2.51. The molecule has 2 aliphatic rings. The van der Waals surface area contributed by atoms with Crippen molar-refractivity contribution in [2.75, 3.05) is 7.11 Å². The van der Waals surface area contributed by atoms with Gasteiger partial charge in [0.25, 0.3) is 5.91 Å². The molecule has 26 heavy (non-hydrogen) atoms. The van der Waals surface area contributed by atoms with Gasteiger partial charge in [0.2, 0.25) is 0 Å². The van der Waals surface area contributed by atoms with Crippen LogP contribution in [0.3, 0.4) is 0 Å². The van der Waals surface area contributed by atoms with E-state index < -0.39 is 18.3 Å². The van der Waals surface area contributed by atoms with Crippen LogP contribution in [-0.4, -0.2) is 37.4 Å². The molecule has 3 rings (SSSR count). The Bertz CT molecular complexity index is 652. The molecule has 2 fully saturated rings. The average Bonchev–Trinajstić information content (AvgIpc) is 2.83. The molecule has 1 aromatic rings. The monoisotopic (exact) mass is 359 g/mol. The zero-order chi connectivity index (χ0) is 18.9. The van der Waals surface area contributed by atoms with Crippen molar-refractivity contribution in [3.05, 3.63) is 23.8 Å². The van der Waals surface area contributed by atoms with Crippen molar-refractivity contribution in [3.8, 4) is 5.75 Å². The van der Waals surface area contributed by atoms with Gasteiger partial charge in [0.15, 0.2) is 0 Å². The molecule has 1 amide bonds. The molecule has 0 aromatic heterocycles. The van der Waals surface area contributed by atoms with Crippen LogP contribution in [0.4, 0.5) is 0 Å². The quantitative estimate of drug-likeness (QED) is 0.840. The first-order valence-corrected chi connectivity index (χ1v) is 9.58. The van der Waals surface area contributed by atoms with Gasteiger partial charge in [0.1, 0.15) is 5.75 Å². The summed E-state index contributed by atoms with van der Waals surface area (Å²) in [6, 6.07) is 5.80. The second kappa shape index (κ2) is 7.24. The molecule has 1 heterocycles. The number of methoxy groups -OCH3 is 1. The summed E-state index contributed by atoms with van der Waals surface area (Å²) in [5.41, 5.74) is 0.609. The van der Waals surface area contributed by atoms with Crippen molar-refractivity contribution in [3.63, 3.8) is 0 Å². The lowest BCUT2D eigenvalue weighted by molar-refractivity contribution is 0.00578. The topological polar surface area (TPSA) is 56.8 Å². The van der Waals surface area contributed by atoms with Crippen molar-refractivity contribution in [1.82, 2.24) is 5.32 Å². The van der Waals surface area contributed by atoms with E-state index in [0.717, 1.165) is 18.3 Å². The zero-order valence-corrected chi connectivity index (χ0v) is 16.6. The highest BCUT2D eigenvalue weighted by molar-refractivity contribution is 6.62. The SMILES string of the molecule is COc1cc(B2OC(C)(C)C(C)(C)O2)ccc1C(=O)NC1CCCCC1. The summed E-state index contributed by atoms with van der Waals surface area (Å²) in [4.78, 5) is 12.7. The summed E-state index contributed by atoms with van der Waals surface area (Å²) < 4.78 is 17.7. The first-order valence-electron chi connectivity index (χ1n) is 9.58. The number of ether oxygens (including phenoxy) is 1. The van der Waals surface area contributed by atoms with E-state index in [1.807, 2.05) is 39.8 Å². The van der Waals surface area contributed by atoms with Gasteiger partial charge in [-0.05, 0) is 58.1 Å². The van der Waals surface area contributed by atoms with Gasteiger partial charge >= 0.3 is 7.12 Å². The molecular formula is C20H30BNO4. The van der Waals surface area contributed by atoms with Gasteiger partial charge in [-0.15, -0.1) is 0 Å². The fraction of sp³-hybridized carbons (Fsp3) is 0.650. The van der Waals surface area contributed by atoms with Crippen molar-refractivity contribution < 1.29 is 18.8 Å². The van der Waals surface area contributed by atoms with E-state index in [4.69, 9.17) is 14.0 Å². The summed E-state index contributed by atoms with van der Waals surface area (Å²) in [5, 5.41) is 3.14. The molecule has 1 aromatic carbocycles. The maximum Gasteiger partial charge on any atom is 0.494 e. The lowest BCUT2D eigenvalue weighted by Crippen LogP contribution is -2.41. The van der Waals surface area contributed by atoms with Gasteiger partial charge in [-0.2, -0.15) is 0 Å². The first kappa shape index (κ1) is 19.2. The van der Waals surface area contributed by atoms with Crippen LogP contribution >= 0.6 is 0 Å². The number of hydrogen-bond acceptors (Lipinski definition) is 4. The number of amides is 1. The third-order valence-corrected chi connectivity index (χ3v) is 5.94. The van der Waals surface area contributed by atoms with Crippen LogP contribution in [0, 0.1) is 0 Å². The zero-order valence-electron chi connectivity index (χ0n) is 16.6. The molecule has 5 nitrogen and oxygen atoms in total. The maximum absolute atomic E-state index is 12.7. The van der Waals surface area contributed by atoms with Gasteiger partial charge in [-0.1, -0.05) is 25.3 Å². The third kappa shape index (κ3) is 3.76. The summed E-state index contributed by atoms with van der Waals surface area (Å²) in [6.07, 6.45) is 5.74. The lowest BCUT2D eigenvalue weighted by atomic mass is 9.78. The van der Waals surface area contributed by atoms with E-state index in [2.05, 4.69) is 5.32 Å². The number of nitrogens with one attached hydrogen (secondary N) is 1. The number of carbonyl (C=O) groups excluding carboxylic acids is 1. The van der Waals surface area contributed by atoms with Gasteiger partial charge in [0.05, 0.1) is 23.9 Å². The molecule has 0 unspecified atom stereocenters. The molecule has 1 aliphatic carbocycles. The van der Waals surface area contributed by atoms with Crippen LogP contribution in [0.25, 0.3) is 0 Å². The Morgan fingerprint density at radius 2 is 1.73 bits per heavy atom. The second-order valence-electron chi connectivity index (χ2n) is 8.36.